The summed E-state index contributed by atoms with van der Waals surface area (Å²) >= 11 is 0. The van der Waals surface area contributed by atoms with E-state index in [0.717, 1.165) is 17.7 Å². The SMILES string of the molecule is O=C(NC(=O)C(c1ccccc1)c1ccccc1)C1CNCCN1. The molecule has 1 aliphatic rings. The van der Waals surface area contributed by atoms with Crippen LogP contribution < -0.4 is 16.0 Å². The van der Waals surface area contributed by atoms with Crippen molar-refractivity contribution < 1.29 is 9.59 Å². The molecule has 0 aromatic heterocycles. The van der Waals surface area contributed by atoms with Gasteiger partial charge in [0.25, 0.3) is 0 Å². The van der Waals surface area contributed by atoms with E-state index in [4.69, 9.17) is 0 Å². The molecule has 0 aliphatic carbocycles. The van der Waals surface area contributed by atoms with E-state index in [-0.39, 0.29) is 17.9 Å². The smallest absolute Gasteiger partial charge is 0.245 e. The molecule has 0 saturated carbocycles. The first kappa shape index (κ1) is 16.4. The van der Waals surface area contributed by atoms with Crippen molar-refractivity contribution in [1.82, 2.24) is 16.0 Å². The molecule has 5 nitrogen and oxygen atoms in total. The second-order valence-electron chi connectivity index (χ2n) is 5.82. The summed E-state index contributed by atoms with van der Waals surface area (Å²) in [4.78, 5) is 25.2. The Balaban J connectivity index is 1.80. The first-order chi connectivity index (χ1) is 11.8. The maximum Gasteiger partial charge on any atom is 0.245 e. The number of amides is 2. The van der Waals surface area contributed by atoms with Gasteiger partial charge in [-0.15, -0.1) is 0 Å². The fraction of sp³-hybridized carbons (Fsp3) is 0.263. The predicted molar refractivity (Wildman–Crippen MR) is 92.5 cm³/mol. The molecular formula is C19H21N3O2. The van der Waals surface area contributed by atoms with Gasteiger partial charge in [0.1, 0.15) is 0 Å². The van der Waals surface area contributed by atoms with Crippen molar-refractivity contribution in [1.29, 1.82) is 0 Å². The Bertz CT molecular complexity index is 643. The van der Waals surface area contributed by atoms with E-state index < -0.39 is 5.92 Å². The Morgan fingerprint density at radius 1 is 0.917 bits per heavy atom. The second kappa shape index (κ2) is 7.86. The van der Waals surface area contributed by atoms with Crippen LogP contribution in [-0.2, 0) is 9.59 Å². The zero-order valence-corrected chi connectivity index (χ0v) is 13.4. The highest BCUT2D eigenvalue weighted by molar-refractivity contribution is 6.02. The van der Waals surface area contributed by atoms with Crippen LogP contribution in [0.25, 0.3) is 0 Å². The predicted octanol–water partition coefficient (Wildman–Crippen LogP) is 1.02. The van der Waals surface area contributed by atoms with Crippen molar-refractivity contribution in [3.8, 4) is 0 Å². The maximum absolute atomic E-state index is 12.8. The number of hydrogen-bond acceptors (Lipinski definition) is 4. The molecule has 1 atom stereocenters. The van der Waals surface area contributed by atoms with E-state index in [2.05, 4.69) is 16.0 Å². The summed E-state index contributed by atoms with van der Waals surface area (Å²) in [5.41, 5.74) is 1.73. The topological polar surface area (TPSA) is 70.2 Å². The van der Waals surface area contributed by atoms with Crippen LogP contribution >= 0.6 is 0 Å². The molecule has 1 heterocycles. The first-order valence-corrected chi connectivity index (χ1v) is 8.14. The van der Waals surface area contributed by atoms with E-state index in [0.29, 0.717) is 13.1 Å². The van der Waals surface area contributed by atoms with Gasteiger partial charge in [-0.05, 0) is 11.1 Å². The van der Waals surface area contributed by atoms with E-state index in [1.54, 1.807) is 0 Å². The molecule has 1 aliphatic heterocycles. The summed E-state index contributed by atoms with van der Waals surface area (Å²) in [5, 5.41) is 8.83. The molecule has 3 N–H and O–H groups in total. The molecule has 24 heavy (non-hydrogen) atoms. The number of rotatable bonds is 4. The van der Waals surface area contributed by atoms with Crippen LogP contribution in [-0.4, -0.2) is 37.5 Å². The highest BCUT2D eigenvalue weighted by Gasteiger charge is 2.27. The zero-order chi connectivity index (χ0) is 16.8. The van der Waals surface area contributed by atoms with E-state index >= 15 is 0 Å². The summed E-state index contributed by atoms with van der Waals surface area (Å²) in [6.07, 6.45) is 0. The van der Waals surface area contributed by atoms with Crippen LogP contribution in [0.1, 0.15) is 17.0 Å². The summed E-state index contributed by atoms with van der Waals surface area (Å²) in [6.45, 7) is 2.07. The molecule has 0 bridgehead atoms. The van der Waals surface area contributed by atoms with Gasteiger partial charge in [-0.1, -0.05) is 60.7 Å². The van der Waals surface area contributed by atoms with Crippen LogP contribution in [0.15, 0.2) is 60.7 Å². The number of carbonyl (C=O) groups excluding carboxylic acids is 2. The van der Waals surface area contributed by atoms with Gasteiger partial charge in [0.15, 0.2) is 0 Å². The molecule has 2 aromatic carbocycles. The van der Waals surface area contributed by atoms with Crippen molar-refractivity contribution in [2.75, 3.05) is 19.6 Å². The lowest BCUT2D eigenvalue weighted by Gasteiger charge is -2.24. The molecule has 0 radical (unpaired) electrons. The number of nitrogens with one attached hydrogen (secondary N) is 3. The highest BCUT2D eigenvalue weighted by atomic mass is 16.2. The number of imide groups is 1. The molecule has 1 unspecified atom stereocenters. The third kappa shape index (κ3) is 3.88. The molecular weight excluding hydrogens is 302 g/mol. The standard InChI is InChI=1S/C19H21N3O2/c23-18(16-13-20-11-12-21-16)22-19(24)17(14-7-3-1-4-8-14)15-9-5-2-6-10-15/h1-10,16-17,20-21H,11-13H2,(H,22,23,24). The molecule has 0 spiro atoms. The lowest BCUT2D eigenvalue weighted by molar-refractivity contribution is -0.132. The Hall–Kier alpha value is -2.50. The Kier molecular flexibility index (Phi) is 5.36. The van der Waals surface area contributed by atoms with E-state index in [9.17, 15) is 9.59 Å². The van der Waals surface area contributed by atoms with Crippen molar-refractivity contribution in [3.05, 3.63) is 71.8 Å². The van der Waals surface area contributed by atoms with E-state index in [1.807, 2.05) is 60.7 Å². The molecule has 2 aromatic rings. The normalized spacial score (nSPS) is 17.5. The summed E-state index contributed by atoms with van der Waals surface area (Å²) < 4.78 is 0. The van der Waals surface area contributed by atoms with Crippen molar-refractivity contribution >= 4 is 11.8 Å². The van der Waals surface area contributed by atoms with Crippen molar-refractivity contribution in [2.24, 2.45) is 0 Å². The molecule has 2 amide bonds. The first-order valence-electron chi connectivity index (χ1n) is 8.14. The monoisotopic (exact) mass is 323 g/mol. The van der Waals surface area contributed by atoms with Gasteiger partial charge >= 0.3 is 0 Å². The fourth-order valence-electron chi connectivity index (χ4n) is 2.91. The van der Waals surface area contributed by atoms with Gasteiger partial charge in [-0.2, -0.15) is 0 Å². The van der Waals surface area contributed by atoms with Crippen LogP contribution in [0.5, 0.6) is 0 Å². The Morgan fingerprint density at radius 3 is 2.00 bits per heavy atom. The van der Waals surface area contributed by atoms with Gasteiger partial charge in [0.05, 0.1) is 12.0 Å². The minimum Gasteiger partial charge on any atom is -0.313 e. The van der Waals surface area contributed by atoms with Gasteiger partial charge in [-0.3, -0.25) is 14.9 Å². The molecule has 1 fully saturated rings. The van der Waals surface area contributed by atoms with Gasteiger partial charge in [0, 0.05) is 19.6 Å². The summed E-state index contributed by atoms with van der Waals surface area (Å²) in [7, 11) is 0. The molecule has 124 valence electrons. The second-order valence-corrected chi connectivity index (χ2v) is 5.82. The quantitative estimate of drug-likeness (QED) is 0.786. The minimum absolute atomic E-state index is 0.288. The molecule has 3 rings (SSSR count). The molecule has 5 heteroatoms. The summed E-state index contributed by atoms with van der Waals surface area (Å²) in [6, 6.07) is 18.6. The Morgan fingerprint density at radius 2 is 1.50 bits per heavy atom. The van der Waals surface area contributed by atoms with Crippen LogP contribution in [0.3, 0.4) is 0 Å². The van der Waals surface area contributed by atoms with Gasteiger partial charge in [-0.25, -0.2) is 0 Å². The van der Waals surface area contributed by atoms with Crippen LogP contribution in [0.2, 0.25) is 0 Å². The zero-order valence-electron chi connectivity index (χ0n) is 13.4. The van der Waals surface area contributed by atoms with Gasteiger partial charge in [0.2, 0.25) is 11.8 Å². The van der Waals surface area contributed by atoms with Crippen molar-refractivity contribution in [2.45, 2.75) is 12.0 Å². The lowest BCUT2D eigenvalue weighted by Crippen LogP contribution is -2.57. The fourth-order valence-corrected chi connectivity index (χ4v) is 2.91. The average molecular weight is 323 g/mol. The highest BCUT2D eigenvalue weighted by Crippen LogP contribution is 2.24. The van der Waals surface area contributed by atoms with Crippen LogP contribution in [0.4, 0.5) is 0 Å². The number of piperazine rings is 1. The minimum atomic E-state index is -0.507. The van der Waals surface area contributed by atoms with Crippen molar-refractivity contribution in [3.63, 3.8) is 0 Å². The van der Waals surface area contributed by atoms with E-state index in [1.165, 1.54) is 0 Å². The lowest BCUT2D eigenvalue weighted by atomic mass is 9.90. The summed E-state index contributed by atoms with van der Waals surface area (Å²) in [5.74, 6) is -1.10. The largest absolute Gasteiger partial charge is 0.313 e. The molecule has 1 saturated heterocycles. The maximum atomic E-state index is 12.8. The third-order valence-electron chi connectivity index (χ3n) is 4.13. The van der Waals surface area contributed by atoms with Crippen LogP contribution in [0, 0.1) is 0 Å². The number of carbonyl (C=O) groups is 2. The van der Waals surface area contributed by atoms with Gasteiger partial charge < -0.3 is 10.6 Å². The number of benzene rings is 2. The number of hydrogen-bond donors (Lipinski definition) is 3. The average Bonchev–Trinajstić information content (AvgIpc) is 2.64. The Labute approximate surface area is 141 Å². The third-order valence-corrected chi connectivity index (χ3v) is 4.13.